The Bertz CT molecular complexity index is 1070. The van der Waals surface area contributed by atoms with E-state index in [0.717, 1.165) is 46.1 Å². The van der Waals surface area contributed by atoms with Gasteiger partial charge in [-0.2, -0.15) is 5.10 Å². The van der Waals surface area contributed by atoms with Crippen LogP contribution in [0.5, 0.6) is 17.2 Å². The molecule has 2 atom stereocenters. The third kappa shape index (κ3) is 3.14. The summed E-state index contributed by atoms with van der Waals surface area (Å²) in [7, 11) is 1.67. The van der Waals surface area contributed by atoms with Crippen LogP contribution in [0.1, 0.15) is 42.3 Å². The van der Waals surface area contributed by atoms with Gasteiger partial charge in [-0.15, -0.1) is 0 Å². The van der Waals surface area contributed by atoms with Gasteiger partial charge >= 0.3 is 0 Å². The SMILES string of the molecule is CCOc1cccc2c1O[C@H](c1cccnc1)N1N=C(c3ccc(OC)cc3)C[C@@H]21. The molecule has 3 aromatic rings. The number of rotatable bonds is 5. The third-order valence-electron chi connectivity index (χ3n) is 5.47. The number of aromatic nitrogens is 1. The number of hydrazone groups is 1. The van der Waals surface area contributed by atoms with Gasteiger partial charge in [-0.25, -0.2) is 5.01 Å². The van der Waals surface area contributed by atoms with E-state index in [4.69, 9.17) is 19.3 Å². The van der Waals surface area contributed by atoms with E-state index in [9.17, 15) is 0 Å². The molecular weight excluding hydrogens is 378 g/mol. The van der Waals surface area contributed by atoms with Gasteiger partial charge in [0.05, 0.1) is 25.5 Å². The van der Waals surface area contributed by atoms with Crippen molar-refractivity contribution < 1.29 is 14.2 Å². The maximum absolute atomic E-state index is 6.47. The Hall–Kier alpha value is -3.54. The van der Waals surface area contributed by atoms with Crippen molar-refractivity contribution in [1.82, 2.24) is 9.99 Å². The van der Waals surface area contributed by atoms with Gasteiger partial charge in [0.15, 0.2) is 11.5 Å². The molecule has 0 bridgehead atoms. The highest BCUT2D eigenvalue weighted by molar-refractivity contribution is 6.02. The fraction of sp³-hybridized carbons (Fsp3) is 0.250. The zero-order valence-corrected chi connectivity index (χ0v) is 17.0. The van der Waals surface area contributed by atoms with Crippen molar-refractivity contribution in [1.29, 1.82) is 0 Å². The maximum atomic E-state index is 6.47. The van der Waals surface area contributed by atoms with Crippen molar-refractivity contribution in [3.63, 3.8) is 0 Å². The van der Waals surface area contributed by atoms with Crippen LogP contribution in [-0.2, 0) is 0 Å². The average molecular weight is 401 g/mol. The molecule has 0 N–H and O–H groups in total. The van der Waals surface area contributed by atoms with Gasteiger partial charge < -0.3 is 14.2 Å². The topological polar surface area (TPSA) is 56.2 Å². The first-order valence-corrected chi connectivity index (χ1v) is 10.1. The summed E-state index contributed by atoms with van der Waals surface area (Å²) in [6, 6.07) is 18.1. The molecule has 30 heavy (non-hydrogen) atoms. The number of hydrogen-bond donors (Lipinski definition) is 0. The Labute approximate surface area is 175 Å². The zero-order valence-electron chi connectivity index (χ0n) is 17.0. The Morgan fingerprint density at radius 1 is 1.10 bits per heavy atom. The molecule has 2 aliphatic rings. The molecule has 152 valence electrons. The Kier molecular flexibility index (Phi) is 4.75. The minimum atomic E-state index is -0.367. The van der Waals surface area contributed by atoms with Crippen molar-refractivity contribution in [2.45, 2.75) is 25.6 Å². The minimum Gasteiger partial charge on any atom is -0.497 e. The van der Waals surface area contributed by atoms with Crippen molar-refractivity contribution in [3.05, 3.63) is 83.7 Å². The highest BCUT2D eigenvalue weighted by Crippen LogP contribution is 2.50. The van der Waals surface area contributed by atoms with Crippen molar-refractivity contribution in [2.24, 2.45) is 5.10 Å². The average Bonchev–Trinajstić information content (AvgIpc) is 3.25. The molecule has 0 radical (unpaired) electrons. The number of fused-ring (bicyclic) bond motifs is 3. The first-order valence-electron chi connectivity index (χ1n) is 10.1. The molecule has 6 nitrogen and oxygen atoms in total. The second kappa shape index (κ2) is 7.71. The van der Waals surface area contributed by atoms with Gasteiger partial charge in [0.1, 0.15) is 5.75 Å². The summed E-state index contributed by atoms with van der Waals surface area (Å²) in [5.41, 5.74) is 4.15. The lowest BCUT2D eigenvalue weighted by Gasteiger charge is -2.38. The summed E-state index contributed by atoms with van der Waals surface area (Å²) >= 11 is 0. The molecule has 1 aromatic heterocycles. The Balaban J connectivity index is 1.58. The number of methoxy groups -OCH3 is 1. The van der Waals surface area contributed by atoms with E-state index in [0.29, 0.717) is 6.61 Å². The lowest BCUT2D eigenvalue weighted by molar-refractivity contribution is -0.0214. The fourth-order valence-corrected chi connectivity index (χ4v) is 4.05. The lowest BCUT2D eigenvalue weighted by atomic mass is 9.95. The zero-order chi connectivity index (χ0) is 20.5. The van der Waals surface area contributed by atoms with E-state index in [2.05, 4.69) is 16.1 Å². The van der Waals surface area contributed by atoms with Crippen LogP contribution in [0.3, 0.4) is 0 Å². The molecule has 0 amide bonds. The van der Waals surface area contributed by atoms with E-state index in [-0.39, 0.29) is 12.3 Å². The Morgan fingerprint density at radius 3 is 2.70 bits per heavy atom. The van der Waals surface area contributed by atoms with E-state index in [1.807, 2.05) is 61.7 Å². The summed E-state index contributed by atoms with van der Waals surface area (Å²) in [5.74, 6) is 2.39. The van der Waals surface area contributed by atoms with Crippen molar-refractivity contribution in [2.75, 3.05) is 13.7 Å². The smallest absolute Gasteiger partial charge is 0.215 e. The van der Waals surface area contributed by atoms with Crippen LogP contribution >= 0.6 is 0 Å². The van der Waals surface area contributed by atoms with E-state index < -0.39 is 0 Å². The molecule has 2 aromatic carbocycles. The first kappa shape index (κ1) is 18.5. The van der Waals surface area contributed by atoms with Crippen LogP contribution in [0.2, 0.25) is 0 Å². The first-order chi connectivity index (χ1) is 14.8. The lowest BCUT2D eigenvalue weighted by Crippen LogP contribution is -2.34. The van der Waals surface area contributed by atoms with Gasteiger partial charge in [-0.3, -0.25) is 4.98 Å². The number of para-hydroxylation sites is 1. The molecule has 0 spiro atoms. The highest BCUT2D eigenvalue weighted by atomic mass is 16.5. The van der Waals surface area contributed by atoms with Crippen LogP contribution in [0, 0.1) is 0 Å². The van der Waals surface area contributed by atoms with E-state index in [1.165, 1.54) is 0 Å². The number of hydrogen-bond acceptors (Lipinski definition) is 6. The quantitative estimate of drug-likeness (QED) is 0.619. The van der Waals surface area contributed by atoms with Crippen LogP contribution in [0.15, 0.2) is 72.1 Å². The fourth-order valence-electron chi connectivity index (χ4n) is 4.05. The number of nitrogens with zero attached hydrogens (tertiary/aromatic N) is 3. The molecule has 0 aliphatic carbocycles. The standard InChI is InChI=1S/C24H23N3O3/c1-3-29-22-8-4-7-19-21-14-20(16-9-11-18(28-2)12-10-16)26-27(21)24(30-23(19)22)17-6-5-13-25-15-17/h4-13,15,21,24H,3,14H2,1-2H3/t21-,24+/m0/s1. The molecule has 6 heteroatoms. The van der Waals surface area contributed by atoms with Crippen LogP contribution in [0.25, 0.3) is 0 Å². The summed E-state index contributed by atoms with van der Waals surface area (Å²) in [6.07, 6.45) is 4.01. The van der Waals surface area contributed by atoms with Crippen LogP contribution in [0.4, 0.5) is 0 Å². The molecule has 0 fully saturated rings. The monoisotopic (exact) mass is 401 g/mol. The van der Waals surface area contributed by atoms with Gasteiger partial charge in [-0.1, -0.05) is 18.2 Å². The molecular formula is C24H23N3O3. The van der Waals surface area contributed by atoms with Crippen LogP contribution < -0.4 is 14.2 Å². The number of benzene rings is 2. The molecule has 0 saturated carbocycles. The van der Waals surface area contributed by atoms with Crippen LogP contribution in [-0.4, -0.2) is 29.4 Å². The number of pyridine rings is 1. The minimum absolute atomic E-state index is 0.0662. The second-order valence-electron chi connectivity index (χ2n) is 7.24. The molecule has 0 saturated heterocycles. The molecule has 0 unspecified atom stereocenters. The van der Waals surface area contributed by atoms with Gasteiger partial charge in [0, 0.05) is 29.9 Å². The predicted molar refractivity (Wildman–Crippen MR) is 114 cm³/mol. The van der Waals surface area contributed by atoms with Crippen molar-refractivity contribution in [3.8, 4) is 17.2 Å². The third-order valence-corrected chi connectivity index (χ3v) is 5.47. The maximum Gasteiger partial charge on any atom is 0.215 e. The summed E-state index contributed by atoms with van der Waals surface area (Å²) in [4.78, 5) is 4.28. The number of ether oxygens (including phenoxy) is 3. The molecule has 3 heterocycles. The van der Waals surface area contributed by atoms with Gasteiger partial charge in [-0.05, 0) is 48.9 Å². The molecule has 2 aliphatic heterocycles. The highest BCUT2D eigenvalue weighted by Gasteiger charge is 2.42. The largest absolute Gasteiger partial charge is 0.497 e. The van der Waals surface area contributed by atoms with Gasteiger partial charge in [0.2, 0.25) is 6.23 Å². The van der Waals surface area contributed by atoms with Crippen molar-refractivity contribution >= 4 is 5.71 Å². The second-order valence-corrected chi connectivity index (χ2v) is 7.24. The van der Waals surface area contributed by atoms with Gasteiger partial charge in [0.25, 0.3) is 0 Å². The predicted octanol–water partition coefficient (Wildman–Crippen LogP) is 4.73. The Morgan fingerprint density at radius 2 is 1.97 bits per heavy atom. The summed E-state index contributed by atoms with van der Waals surface area (Å²) in [6.45, 7) is 2.56. The van der Waals surface area contributed by atoms with E-state index in [1.54, 1.807) is 13.3 Å². The van der Waals surface area contributed by atoms with E-state index >= 15 is 0 Å². The summed E-state index contributed by atoms with van der Waals surface area (Å²) in [5, 5.41) is 7.03. The summed E-state index contributed by atoms with van der Waals surface area (Å²) < 4.78 is 17.6. The molecule has 5 rings (SSSR count). The normalized spacial score (nSPS) is 19.4.